The fourth-order valence-corrected chi connectivity index (χ4v) is 4.43. The van der Waals surface area contributed by atoms with Crippen molar-refractivity contribution in [3.05, 3.63) is 18.3 Å². The van der Waals surface area contributed by atoms with Crippen LogP contribution in [0.15, 0.2) is 23.2 Å². The molecule has 1 aromatic rings. The SMILES string of the molecule is CCC1CCC(C)N1S(=O)(=O)c1ccc(N)nc1. The molecule has 0 aromatic carbocycles. The van der Waals surface area contributed by atoms with Crippen molar-refractivity contribution in [3.8, 4) is 0 Å². The minimum absolute atomic E-state index is 0.0532. The summed E-state index contributed by atoms with van der Waals surface area (Å²) in [6.07, 6.45) is 4.02. The molecule has 100 valence electrons. The van der Waals surface area contributed by atoms with Gasteiger partial charge in [-0.1, -0.05) is 6.92 Å². The summed E-state index contributed by atoms with van der Waals surface area (Å²) in [4.78, 5) is 4.09. The Morgan fingerprint density at radius 2 is 2.17 bits per heavy atom. The van der Waals surface area contributed by atoms with Crippen LogP contribution in [0.2, 0.25) is 0 Å². The van der Waals surface area contributed by atoms with E-state index < -0.39 is 10.0 Å². The van der Waals surface area contributed by atoms with Crippen LogP contribution in [0, 0.1) is 0 Å². The molecule has 2 rings (SSSR count). The van der Waals surface area contributed by atoms with Crippen molar-refractivity contribution < 1.29 is 8.42 Å². The predicted molar refractivity (Wildman–Crippen MR) is 70.4 cm³/mol. The van der Waals surface area contributed by atoms with E-state index in [1.807, 2.05) is 13.8 Å². The number of nitrogens with zero attached hydrogens (tertiary/aromatic N) is 2. The normalized spacial score (nSPS) is 25.4. The molecule has 2 heterocycles. The Morgan fingerprint density at radius 1 is 1.44 bits per heavy atom. The standard InChI is InChI=1S/C12H19N3O2S/c1-3-10-5-4-9(2)15(10)18(16,17)11-6-7-12(13)14-8-11/h6-10H,3-5H2,1-2H3,(H2,13,14). The molecule has 1 aromatic heterocycles. The summed E-state index contributed by atoms with van der Waals surface area (Å²) < 4.78 is 26.8. The van der Waals surface area contributed by atoms with Crippen molar-refractivity contribution in [1.29, 1.82) is 0 Å². The van der Waals surface area contributed by atoms with Gasteiger partial charge in [0.05, 0.1) is 0 Å². The molecule has 0 bridgehead atoms. The number of rotatable bonds is 3. The first-order chi connectivity index (χ1) is 8.46. The number of hydrogen-bond acceptors (Lipinski definition) is 4. The zero-order chi connectivity index (χ0) is 13.3. The Balaban J connectivity index is 2.38. The van der Waals surface area contributed by atoms with Crippen molar-refractivity contribution in [2.24, 2.45) is 0 Å². The summed E-state index contributed by atoms with van der Waals surface area (Å²) in [5.41, 5.74) is 5.48. The Kier molecular flexibility index (Phi) is 3.59. The van der Waals surface area contributed by atoms with Crippen LogP contribution in [0.25, 0.3) is 0 Å². The highest BCUT2D eigenvalue weighted by Gasteiger charge is 2.39. The summed E-state index contributed by atoms with van der Waals surface area (Å²) in [7, 11) is -3.45. The van der Waals surface area contributed by atoms with Gasteiger partial charge >= 0.3 is 0 Å². The first-order valence-electron chi connectivity index (χ1n) is 6.22. The molecule has 6 heteroatoms. The Labute approximate surface area is 108 Å². The lowest BCUT2D eigenvalue weighted by atomic mass is 10.2. The second kappa shape index (κ2) is 4.85. The molecule has 5 nitrogen and oxygen atoms in total. The zero-order valence-corrected chi connectivity index (χ0v) is 11.5. The van der Waals surface area contributed by atoms with Gasteiger partial charge in [-0.15, -0.1) is 0 Å². The van der Waals surface area contributed by atoms with E-state index in [0.717, 1.165) is 19.3 Å². The van der Waals surface area contributed by atoms with Crippen molar-refractivity contribution in [2.45, 2.75) is 50.1 Å². The molecule has 1 fully saturated rings. The third kappa shape index (κ3) is 2.22. The van der Waals surface area contributed by atoms with Crippen LogP contribution in [-0.2, 0) is 10.0 Å². The van der Waals surface area contributed by atoms with Crippen LogP contribution in [-0.4, -0.2) is 29.8 Å². The molecule has 1 saturated heterocycles. The molecule has 1 aliphatic heterocycles. The minimum atomic E-state index is -3.45. The van der Waals surface area contributed by atoms with Gasteiger partial charge in [0.15, 0.2) is 0 Å². The number of aromatic nitrogens is 1. The van der Waals surface area contributed by atoms with E-state index >= 15 is 0 Å². The van der Waals surface area contributed by atoms with Crippen LogP contribution in [0.4, 0.5) is 5.82 Å². The lowest BCUT2D eigenvalue weighted by Crippen LogP contribution is -2.39. The van der Waals surface area contributed by atoms with E-state index in [1.165, 1.54) is 18.3 Å². The molecule has 0 radical (unpaired) electrons. The van der Waals surface area contributed by atoms with Crippen molar-refractivity contribution in [1.82, 2.24) is 9.29 Å². The van der Waals surface area contributed by atoms with E-state index in [4.69, 9.17) is 5.73 Å². The maximum absolute atomic E-state index is 12.6. The number of anilines is 1. The van der Waals surface area contributed by atoms with Crippen LogP contribution in [0.3, 0.4) is 0 Å². The highest BCUT2D eigenvalue weighted by molar-refractivity contribution is 7.89. The van der Waals surface area contributed by atoms with E-state index in [-0.39, 0.29) is 17.0 Å². The Morgan fingerprint density at radius 3 is 2.72 bits per heavy atom. The molecule has 0 saturated carbocycles. The number of pyridine rings is 1. The summed E-state index contributed by atoms with van der Waals surface area (Å²) >= 11 is 0. The van der Waals surface area contributed by atoms with E-state index in [1.54, 1.807) is 4.31 Å². The van der Waals surface area contributed by atoms with Crippen LogP contribution >= 0.6 is 0 Å². The molecular formula is C12H19N3O2S. The molecular weight excluding hydrogens is 250 g/mol. The topological polar surface area (TPSA) is 76.3 Å². The fourth-order valence-electron chi connectivity index (χ4n) is 2.53. The van der Waals surface area contributed by atoms with Gasteiger partial charge in [0.25, 0.3) is 0 Å². The molecule has 18 heavy (non-hydrogen) atoms. The Bertz CT molecular complexity index is 513. The highest BCUT2D eigenvalue weighted by Crippen LogP contribution is 2.32. The summed E-state index contributed by atoms with van der Waals surface area (Å²) in [5.74, 6) is 0.329. The van der Waals surface area contributed by atoms with E-state index in [9.17, 15) is 8.42 Å². The van der Waals surface area contributed by atoms with Gasteiger partial charge in [0, 0.05) is 18.3 Å². The van der Waals surface area contributed by atoms with Gasteiger partial charge in [0.1, 0.15) is 10.7 Å². The maximum atomic E-state index is 12.6. The molecule has 2 atom stereocenters. The molecule has 1 aliphatic rings. The van der Waals surface area contributed by atoms with Crippen molar-refractivity contribution in [2.75, 3.05) is 5.73 Å². The third-order valence-electron chi connectivity index (χ3n) is 3.52. The largest absolute Gasteiger partial charge is 0.384 e. The fraction of sp³-hybridized carbons (Fsp3) is 0.583. The highest BCUT2D eigenvalue weighted by atomic mass is 32.2. The van der Waals surface area contributed by atoms with Gasteiger partial charge in [-0.25, -0.2) is 13.4 Å². The van der Waals surface area contributed by atoms with Gasteiger partial charge < -0.3 is 5.73 Å². The van der Waals surface area contributed by atoms with Gasteiger partial charge in [-0.05, 0) is 38.3 Å². The summed E-state index contributed by atoms with van der Waals surface area (Å²) in [5, 5.41) is 0. The van der Waals surface area contributed by atoms with Crippen LogP contribution in [0.1, 0.15) is 33.1 Å². The monoisotopic (exact) mass is 269 g/mol. The molecule has 0 aliphatic carbocycles. The van der Waals surface area contributed by atoms with Crippen LogP contribution < -0.4 is 5.73 Å². The average molecular weight is 269 g/mol. The number of hydrogen-bond donors (Lipinski definition) is 1. The Hall–Kier alpha value is -1.14. The average Bonchev–Trinajstić information content (AvgIpc) is 2.71. The predicted octanol–water partition coefficient (Wildman–Crippen LogP) is 1.62. The maximum Gasteiger partial charge on any atom is 0.245 e. The second-order valence-electron chi connectivity index (χ2n) is 4.74. The quantitative estimate of drug-likeness (QED) is 0.904. The lowest BCUT2D eigenvalue weighted by Gasteiger charge is -2.26. The lowest BCUT2D eigenvalue weighted by molar-refractivity contribution is 0.328. The smallest absolute Gasteiger partial charge is 0.245 e. The molecule has 0 amide bonds. The van der Waals surface area contributed by atoms with Crippen molar-refractivity contribution >= 4 is 15.8 Å². The number of nitrogen functional groups attached to an aromatic ring is 1. The zero-order valence-electron chi connectivity index (χ0n) is 10.7. The first-order valence-corrected chi connectivity index (χ1v) is 7.66. The molecule has 2 unspecified atom stereocenters. The van der Waals surface area contributed by atoms with E-state index in [2.05, 4.69) is 4.98 Å². The second-order valence-corrected chi connectivity index (χ2v) is 6.59. The molecule has 2 N–H and O–H groups in total. The third-order valence-corrected chi connectivity index (χ3v) is 5.57. The number of sulfonamides is 1. The number of nitrogens with two attached hydrogens (primary N) is 1. The summed E-state index contributed by atoms with van der Waals surface area (Å²) in [6.45, 7) is 3.98. The minimum Gasteiger partial charge on any atom is -0.384 e. The van der Waals surface area contributed by atoms with E-state index in [0.29, 0.717) is 5.82 Å². The van der Waals surface area contributed by atoms with Crippen molar-refractivity contribution in [3.63, 3.8) is 0 Å². The van der Waals surface area contributed by atoms with Gasteiger partial charge in [-0.2, -0.15) is 4.31 Å². The van der Waals surface area contributed by atoms with Crippen LogP contribution in [0.5, 0.6) is 0 Å². The molecule has 0 spiro atoms. The first kappa shape index (κ1) is 13.3. The van der Waals surface area contributed by atoms with Gasteiger partial charge in [-0.3, -0.25) is 0 Å². The summed E-state index contributed by atoms with van der Waals surface area (Å²) in [6, 6.07) is 3.20. The van der Waals surface area contributed by atoms with Gasteiger partial charge in [0.2, 0.25) is 10.0 Å².